The number of fused-ring (bicyclic) bond motifs is 3. The molecule has 0 aromatic heterocycles. The van der Waals surface area contributed by atoms with Gasteiger partial charge < -0.3 is 24.4 Å². The molecule has 0 unspecified atom stereocenters. The molecular weight excluding hydrogens is 647 g/mol. The Hall–Kier alpha value is -4.61. The van der Waals surface area contributed by atoms with Gasteiger partial charge in [-0.3, -0.25) is 19.3 Å². The molecule has 7 rings (SSSR count). The number of rotatable bonds is 9. The molecule has 2 N–H and O–H groups in total. The van der Waals surface area contributed by atoms with Crippen molar-refractivity contribution < 1.29 is 29.0 Å². The second-order valence-electron chi connectivity index (χ2n) is 14.3. The fourth-order valence-electron chi connectivity index (χ4n) is 8.52. The first-order valence-electron chi connectivity index (χ1n) is 17.2. The highest BCUT2D eigenvalue weighted by molar-refractivity contribution is 6.71. The highest BCUT2D eigenvalue weighted by Gasteiger charge is 2.66. The van der Waals surface area contributed by atoms with Gasteiger partial charge in [0.2, 0.25) is 12.3 Å². The molecule has 9 nitrogen and oxygen atoms in total. The third-order valence-corrected chi connectivity index (χ3v) is 13.4. The zero-order valence-electron chi connectivity index (χ0n) is 28.6. The van der Waals surface area contributed by atoms with Crippen LogP contribution in [0.3, 0.4) is 0 Å². The molecule has 1 saturated heterocycles. The number of anilines is 3. The van der Waals surface area contributed by atoms with Gasteiger partial charge in [0.05, 0.1) is 37.4 Å². The Balaban J connectivity index is 1.17. The third-order valence-electron chi connectivity index (χ3n) is 10.8. The number of para-hydroxylation sites is 2. The quantitative estimate of drug-likeness (QED) is 0.173. The molecule has 3 aliphatic heterocycles. The number of aliphatic hydroxyl groups is 1. The Morgan fingerprint density at radius 1 is 0.940 bits per heavy atom. The predicted molar refractivity (Wildman–Crippen MR) is 194 cm³/mol. The normalized spacial score (nSPS) is 24.3. The molecular formula is C40H43N3O6Si. The fourth-order valence-corrected chi connectivity index (χ4v) is 11.1. The smallest absolute Gasteiger partial charge is 0.264 e. The molecule has 3 aliphatic rings. The average Bonchev–Trinajstić information content (AvgIpc) is 3.55. The fraction of sp³-hybridized carbons (Fsp3) is 0.325. The Morgan fingerprint density at radius 2 is 1.58 bits per heavy atom. The summed E-state index contributed by atoms with van der Waals surface area (Å²) in [6.07, 6.45) is 0.655. The molecule has 4 aromatic rings. The molecule has 10 heteroatoms. The number of aliphatic hydroxyl groups excluding tert-OH is 1. The number of hydrogen-bond acceptors (Lipinski definition) is 6. The van der Waals surface area contributed by atoms with E-state index in [4.69, 9.17) is 4.74 Å². The monoisotopic (exact) mass is 689 g/mol. The van der Waals surface area contributed by atoms with Crippen molar-refractivity contribution in [1.82, 2.24) is 4.90 Å². The molecule has 4 aromatic carbocycles. The van der Waals surface area contributed by atoms with E-state index in [1.807, 2.05) is 123 Å². The van der Waals surface area contributed by atoms with Gasteiger partial charge in [0.15, 0.2) is 13.9 Å². The minimum absolute atomic E-state index is 0.00201. The van der Waals surface area contributed by atoms with E-state index in [0.29, 0.717) is 18.7 Å². The van der Waals surface area contributed by atoms with E-state index in [2.05, 4.69) is 0 Å². The SMILES string of the molecule is C[C@H]1[C@H]([Si](C)(C)O)[C@@H](CC(=O)N2Cc3ccccc3C[C@H]2CO)O[C@]12C(=O)N(Cc1ccc(N(C=O)c3ccccc3)cc1)c1ccccc12. The first kappa shape index (κ1) is 33.9. The zero-order chi connectivity index (χ0) is 35.2. The van der Waals surface area contributed by atoms with Crippen LogP contribution < -0.4 is 9.80 Å². The van der Waals surface area contributed by atoms with Crippen molar-refractivity contribution in [2.45, 2.75) is 69.2 Å². The molecule has 3 heterocycles. The van der Waals surface area contributed by atoms with Crippen LogP contribution in [0.4, 0.5) is 17.1 Å². The second-order valence-corrected chi connectivity index (χ2v) is 18.3. The minimum atomic E-state index is -2.99. The van der Waals surface area contributed by atoms with Crippen LogP contribution >= 0.6 is 0 Å². The molecule has 1 spiro atoms. The first-order valence-corrected chi connectivity index (χ1v) is 20.3. The van der Waals surface area contributed by atoms with E-state index in [-0.39, 0.29) is 37.4 Å². The summed E-state index contributed by atoms with van der Waals surface area (Å²) in [5.41, 5.74) is 4.22. The maximum atomic E-state index is 14.8. The molecule has 0 bridgehead atoms. The van der Waals surface area contributed by atoms with Crippen LogP contribution in [-0.4, -0.2) is 60.1 Å². The van der Waals surface area contributed by atoms with Crippen molar-refractivity contribution in [3.63, 3.8) is 0 Å². The summed E-state index contributed by atoms with van der Waals surface area (Å²) >= 11 is 0. The lowest BCUT2D eigenvalue weighted by atomic mass is 9.82. The van der Waals surface area contributed by atoms with Gasteiger partial charge in [-0.25, -0.2) is 0 Å². The number of carbonyl (C=O) groups is 3. The summed E-state index contributed by atoms with van der Waals surface area (Å²) in [4.78, 5) is 57.6. The van der Waals surface area contributed by atoms with Crippen molar-refractivity contribution >= 4 is 43.6 Å². The number of benzene rings is 4. The lowest BCUT2D eigenvalue weighted by molar-refractivity contribution is -0.151. The van der Waals surface area contributed by atoms with Gasteiger partial charge in [-0.2, -0.15) is 0 Å². The predicted octanol–water partition coefficient (Wildman–Crippen LogP) is 5.66. The van der Waals surface area contributed by atoms with Crippen LogP contribution in [-0.2, 0) is 44.2 Å². The van der Waals surface area contributed by atoms with Crippen molar-refractivity contribution in [3.05, 3.63) is 125 Å². The second kappa shape index (κ2) is 13.3. The molecule has 0 radical (unpaired) electrons. The molecule has 50 heavy (non-hydrogen) atoms. The highest BCUT2D eigenvalue weighted by atomic mass is 28.4. The zero-order valence-corrected chi connectivity index (χ0v) is 29.6. The standard InChI is InChI=1S/C40H43N3O6Si/c1-27-38(50(2,3)48)36(22-37(46)41-24-30-12-8-7-11-29(30)21-33(41)25-44)49-40(27)34-15-9-10-16-35(34)42(39(40)47)23-28-17-19-32(20-18-28)43(26-45)31-13-5-4-6-14-31/h4-20,26-27,33,36,38,44,48H,21-25H2,1-3H3/t27-,33-,36+,38-,40+/m0/s1. The summed E-state index contributed by atoms with van der Waals surface area (Å²) in [6, 6.07) is 32.2. The largest absolute Gasteiger partial charge is 0.432 e. The summed E-state index contributed by atoms with van der Waals surface area (Å²) in [6.45, 7) is 6.19. The average molecular weight is 690 g/mol. The summed E-state index contributed by atoms with van der Waals surface area (Å²) in [7, 11) is -2.99. The summed E-state index contributed by atoms with van der Waals surface area (Å²) in [5.74, 6) is -0.783. The van der Waals surface area contributed by atoms with Crippen molar-refractivity contribution in [2.24, 2.45) is 5.92 Å². The van der Waals surface area contributed by atoms with Gasteiger partial charge in [-0.1, -0.05) is 79.7 Å². The van der Waals surface area contributed by atoms with E-state index in [9.17, 15) is 24.3 Å². The first-order chi connectivity index (χ1) is 24.1. The lowest BCUT2D eigenvalue weighted by Crippen LogP contribution is -2.48. The van der Waals surface area contributed by atoms with Crippen LogP contribution in [0.2, 0.25) is 18.6 Å². The Bertz CT molecular complexity index is 1900. The van der Waals surface area contributed by atoms with Crippen LogP contribution in [0.15, 0.2) is 103 Å². The van der Waals surface area contributed by atoms with Gasteiger partial charge in [-0.15, -0.1) is 0 Å². The van der Waals surface area contributed by atoms with Crippen molar-refractivity contribution in [2.75, 3.05) is 16.4 Å². The van der Waals surface area contributed by atoms with Gasteiger partial charge in [-0.05, 0) is 66.5 Å². The Kier molecular flexibility index (Phi) is 8.98. The van der Waals surface area contributed by atoms with Gasteiger partial charge in [0, 0.05) is 34.9 Å². The molecule has 3 amide bonds. The van der Waals surface area contributed by atoms with Crippen LogP contribution in [0.25, 0.3) is 0 Å². The van der Waals surface area contributed by atoms with Crippen molar-refractivity contribution in [3.8, 4) is 0 Å². The Morgan fingerprint density at radius 3 is 2.26 bits per heavy atom. The van der Waals surface area contributed by atoms with Crippen LogP contribution in [0, 0.1) is 5.92 Å². The molecule has 5 atom stereocenters. The summed E-state index contributed by atoms with van der Waals surface area (Å²) < 4.78 is 6.91. The third kappa shape index (κ3) is 5.75. The van der Waals surface area contributed by atoms with E-state index in [0.717, 1.165) is 40.0 Å². The molecule has 1 fully saturated rings. The van der Waals surface area contributed by atoms with Crippen molar-refractivity contribution in [1.29, 1.82) is 0 Å². The van der Waals surface area contributed by atoms with Gasteiger partial charge in [0.1, 0.15) is 0 Å². The van der Waals surface area contributed by atoms with Gasteiger partial charge in [0.25, 0.3) is 5.91 Å². The van der Waals surface area contributed by atoms with E-state index < -0.39 is 31.5 Å². The van der Waals surface area contributed by atoms with E-state index in [1.165, 1.54) is 0 Å². The number of amides is 3. The summed E-state index contributed by atoms with van der Waals surface area (Å²) in [5, 5.41) is 10.3. The molecule has 0 saturated carbocycles. The van der Waals surface area contributed by atoms with E-state index in [1.54, 1.807) is 14.7 Å². The minimum Gasteiger partial charge on any atom is -0.432 e. The van der Waals surface area contributed by atoms with Crippen LogP contribution in [0.5, 0.6) is 0 Å². The number of nitrogens with zero attached hydrogens (tertiary/aromatic N) is 3. The number of carbonyl (C=O) groups excluding carboxylic acids is 3. The van der Waals surface area contributed by atoms with Gasteiger partial charge >= 0.3 is 0 Å². The molecule has 258 valence electrons. The topological polar surface area (TPSA) is 111 Å². The lowest BCUT2D eigenvalue weighted by Gasteiger charge is -2.37. The maximum Gasteiger partial charge on any atom is 0.264 e. The maximum absolute atomic E-state index is 14.8. The van der Waals surface area contributed by atoms with E-state index >= 15 is 0 Å². The number of hydrogen-bond donors (Lipinski definition) is 2. The molecule has 0 aliphatic carbocycles. The highest BCUT2D eigenvalue weighted by Crippen LogP contribution is 2.59. The van der Waals surface area contributed by atoms with Crippen LogP contribution in [0.1, 0.15) is 35.6 Å². The Labute approximate surface area is 293 Å². The number of ether oxygens (including phenoxy) is 1.